The number of nitrogens with two attached hydrogens (primary N) is 1. The van der Waals surface area contributed by atoms with Crippen LogP contribution in [0.4, 0.5) is 0 Å². The van der Waals surface area contributed by atoms with E-state index in [-0.39, 0.29) is 11.6 Å². The van der Waals surface area contributed by atoms with Crippen LogP contribution in [0.1, 0.15) is 26.3 Å². The Morgan fingerprint density at radius 2 is 2.00 bits per heavy atom. The molecule has 1 aromatic carbocycles. The second kappa shape index (κ2) is 5.12. The first-order valence-electron chi connectivity index (χ1n) is 6.51. The van der Waals surface area contributed by atoms with Crippen LogP contribution in [0.5, 0.6) is 0 Å². The molecule has 0 spiro atoms. The number of hydrogen-bond donors (Lipinski definition) is 3. The van der Waals surface area contributed by atoms with Gasteiger partial charge in [-0.15, -0.1) is 0 Å². The lowest BCUT2D eigenvalue weighted by atomic mass is 10.0. The van der Waals surface area contributed by atoms with Gasteiger partial charge in [0.15, 0.2) is 0 Å². The van der Waals surface area contributed by atoms with E-state index in [4.69, 9.17) is 5.73 Å². The van der Waals surface area contributed by atoms with Crippen LogP contribution in [0.25, 0.3) is 10.9 Å². The number of aromatic nitrogens is 1. The van der Waals surface area contributed by atoms with Gasteiger partial charge in [0, 0.05) is 35.2 Å². The number of benzene rings is 1. The summed E-state index contributed by atoms with van der Waals surface area (Å²) in [5, 5.41) is 4.73. The van der Waals surface area contributed by atoms with E-state index in [9.17, 15) is 0 Å². The van der Waals surface area contributed by atoms with E-state index in [1.54, 1.807) is 0 Å². The van der Waals surface area contributed by atoms with Crippen molar-refractivity contribution in [3.8, 4) is 0 Å². The molecular formula is C15H23N3. The summed E-state index contributed by atoms with van der Waals surface area (Å²) in [5.74, 6) is 0. The highest BCUT2D eigenvalue weighted by atomic mass is 15.0. The Morgan fingerprint density at radius 3 is 2.72 bits per heavy atom. The smallest absolute Gasteiger partial charge is 0.0456 e. The monoisotopic (exact) mass is 245 g/mol. The van der Waals surface area contributed by atoms with Crippen molar-refractivity contribution in [2.24, 2.45) is 5.73 Å². The van der Waals surface area contributed by atoms with Gasteiger partial charge in [-0.1, -0.05) is 18.2 Å². The fraction of sp³-hybridized carbons (Fsp3) is 0.467. The van der Waals surface area contributed by atoms with Gasteiger partial charge in [0.05, 0.1) is 0 Å². The molecule has 0 amide bonds. The van der Waals surface area contributed by atoms with E-state index in [0.717, 1.165) is 13.0 Å². The molecule has 1 heterocycles. The molecule has 2 rings (SSSR count). The van der Waals surface area contributed by atoms with Crippen molar-refractivity contribution in [1.29, 1.82) is 0 Å². The number of H-pyrrole nitrogens is 1. The highest BCUT2D eigenvalue weighted by Crippen LogP contribution is 2.18. The van der Waals surface area contributed by atoms with Gasteiger partial charge in [-0.3, -0.25) is 0 Å². The van der Waals surface area contributed by atoms with Crippen LogP contribution in [0.3, 0.4) is 0 Å². The van der Waals surface area contributed by atoms with Crippen molar-refractivity contribution in [3.05, 3.63) is 36.0 Å². The first-order chi connectivity index (χ1) is 8.46. The summed E-state index contributed by atoms with van der Waals surface area (Å²) < 4.78 is 0. The van der Waals surface area contributed by atoms with Crippen LogP contribution >= 0.6 is 0 Å². The zero-order chi connectivity index (χ0) is 13.2. The maximum absolute atomic E-state index is 6.19. The van der Waals surface area contributed by atoms with E-state index >= 15 is 0 Å². The summed E-state index contributed by atoms with van der Waals surface area (Å²) in [6.45, 7) is 7.31. The minimum atomic E-state index is 0.123. The summed E-state index contributed by atoms with van der Waals surface area (Å²) >= 11 is 0. The average Bonchev–Trinajstić information content (AvgIpc) is 2.70. The molecule has 0 bridgehead atoms. The first kappa shape index (κ1) is 13.1. The largest absolute Gasteiger partial charge is 0.361 e. The van der Waals surface area contributed by atoms with Crippen molar-refractivity contribution >= 4 is 10.9 Å². The number of fused-ring (bicyclic) bond motifs is 1. The minimum Gasteiger partial charge on any atom is -0.361 e. The maximum Gasteiger partial charge on any atom is 0.0456 e. The van der Waals surface area contributed by atoms with Gasteiger partial charge < -0.3 is 16.0 Å². The van der Waals surface area contributed by atoms with Crippen LogP contribution in [0, 0.1) is 0 Å². The lowest BCUT2D eigenvalue weighted by Gasteiger charge is -2.23. The molecular weight excluding hydrogens is 222 g/mol. The van der Waals surface area contributed by atoms with E-state index in [1.165, 1.54) is 16.5 Å². The molecule has 3 heteroatoms. The third kappa shape index (κ3) is 3.34. The van der Waals surface area contributed by atoms with E-state index in [1.807, 2.05) is 6.07 Å². The molecule has 0 saturated carbocycles. The maximum atomic E-state index is 6.19. The molecule has 3 nitrogen and oxygen atoms in total. The lowest BCUT2D eigenvalue weighted by Crippen LogP contribution is -2.44. The first-order valence-corrected chi connectivity index (χ1v) is 6.51. The Kier molecular flexibility index (Phi) is 3.73. The lowest BCUT2D eigenvalue weighted by molar-refractivity contribution is 0.404. The minimum absolute atomic E-state index is 0.123. The fourth-order valence-electron chi connectivity index (χ4n) is 2.09. The highest BCUT2D eigenvalue weighted by molar-refractivity contribution is 5.83. The number of hydrogen-bond acceptors (Lipinski definition) is 2. The summed E-state index contributed by atoms with van der Waals surface area (Å²) in [5.41, 5.74) is 8.79. The third-order valence-electron chi connectivity index (χ3n) is 3.05. The van der Waals surface area contributed by atoms with Crippen LogP contribution in [0.2, 0.25) is 0 Å². The molecule has 0 saturated heterocycles. The van der Waals surface area contributed by atoms with Crippen molar-refractivity contribution in [2.75, 3.05) is 6.54 Å². The SMILES string of the molecule is CC(C)(C)NCC(N)Cc1c[nH]c2ccccc12. The molecule has 0 fully saturated rings. The van der Waals surface area contributed by atoms with Gasteiger partial charge >= 0.3 is 0 Å². The highest BCUT2D eigenvalue weighted by Gasteiger charge is 2.13. The fourth-order valence-corrected chi connectivity index (χ4v) is 2.09. The number of nitrogens with one attached hydrogen (secondary N) is 2. The Balaban J connectivity index is 2.01. The number of rotatable bonds is 4. The zero-order valence-electron chi connectivity index (χ0n) is 11.5. The Bertz CT molecular complexity index is 508. The van der Waals surface area contributed by atoms with Gasteiger partial charge in [-0.2, -0.15) is 0 Å². The number of aromatic amines is 1. The van der Waals surface area contributed by atoms with Crippen molar-refractivity contribution in [1.82, 2.24) is 10.3 Å². The molecule has 4 N–H and O–H groups in total. The molecule has 18 heavy (non-hydrogen) atoms. The molecule has 1 unspecified atom stereocenters. The van der Waals surface area contributed by atoms with Crippen LogP contribution in [0.15, 0.2) is 30.5 Å². The van der Waals surface area contributed by atoms with Crippen molar-refractivity contribution in [2.45, 2.75) is 38.8 Å². The zero-order valence-corrected chi connectivity index (χ0v) is 11.5. The van der Waals surface area contributed by atoms with Crippen LogP contribution < -0.4 is 11.1 Å². The summed E-state index contributed by atoms with van der Waals surface area (Å²) in [6.07, 6.45) is 2.97. The predicted octanol–water partition coefficient (Wildman–Crippen LogP) is 2.43. The van der Waals surface area contributed by atoms with Gasteiger partial charge in [-0.05, 0) is 38.8 Å². The van der Waals surface area contributed by atoms with Gasteiger partial charge in [0.25, 0.3) is 0 Å². The normalized spacial score (nSPS) is 14.0. The standard InChI is InChI=1S/C15H23N3/c1-15(2,3)18-10-12(16)8-11-9-17-14-7-5-4-6-13(11)14/h4-7,9,12,17-18H,8,10,16H2,1-3H3. The van der Waals surface area contributed by atoms with Crippen molar-refractivity contribution < 1.29 is 0 Å². The third-order valence-corrected chi connectivity index (χ3v) is 3.05. The van der Waals surface area contributed by atoms with Gasteiger partial charge in [-0.25, -0.2) is 0 Å². The average molecular weight is 245 g/mol. The molecule has 0 radical (unpaired) electrons. The van der Waals surface area contributed by atoms with Gasteiger partial charge in [0.2, 0.25) is 0 Å². The van der Waals surface area contributed by atoms with E-state index in [2.05, 4.69) is 55.5 Å². The summed E-state index contributed by atoms with van der Waals surface area (Å²) in [7, 11) is 0. The molecule has 98 valence electrons. The quantitative estimate of drug-likeness (QED) is 0.775. The molecule has 0 aliphatic heterocycles. The van der Waals surface area contributed by atoms with Crippen LogP contribution in [-0.2, 0) is 6.42 Å². The Hall–Kier alpha value is -1.32. The van der Waals surface area contributed by atoms with Crippen molar-refractivity contribution in [3.63, 3.8) is 0 Å². The topological polar surface area (TPSA) is 53.8 Å². The molecule has 1 aromatic heterocycles. The Morgan fingerprint density at radius 1 is 1.28 bits per heavy atom. The second-order valence-corrected chi connectivity index (χ2v) is 5.95. The molecule has 0 aliphatic carbocycles. The second-order valence-electron chi connectivity index (χ2n) is 5.95. The van der Waals surface area contributed by atoms with Gasteiger partial charge in [0.1, 0.15) is 0 Å². The molecule has 0 aliphatic rings. The Labute approximate surface area is 109 Å². The van der Waals surface area contributed by atoms with E-state index < -0.39 is 0 Å². The molecule has 2 aromatic rings. The summed E-state index contributed by atoms with van der Waals surface area (Å²) in [4.78, 5) is 3.29. The molecule has 1 atom stereocenters. The van der Waals surface area contributed by atoms with Crippen LogP contribution in [-0.4, -0.2) is 23.1 Å². The van der Waals surface area contributed by atoms with E-state index in [0.29, 0.717) is 0 Å². The summed E-state index contributed by atoms with van der Waals surface area (Å²) in [6, 6.07) is 8.49. The predicted molar refractivity (Wildman–Crippen MR) is 77.7 cm³/mol. The number of para-hydroxylation sites is 1.